The average molecular weight is 418 g/mol. The molecule has 0 unspecified atom stereocenters. The molecule has 160 valence electrons. The van der Waals surface area contributed by atoms with Crippen molar-refractivity contribution in [1.82, 2.24) is 15.1 Å². The summed E-state index contributed by atoms with van der Waals surface area (Å²) in [4.78, 5) is 12.3. The summed E-state index contributed by atoms with van der Waals surface area (Å²) in [7, 11) is 0. The highest BCUT2D eigenvalue weighted by molar-refractivity contribution is 5.89. The van der Waals surface area contributed by atoms with Crippen LogP contribution in [-0.4, -0.2) is 28.1 Å². The molecule has 1 saturated carbocycles. The molecular weight excluding hydrogens is 392 g/mol. The number of rotatable bonds is 5. The number of ether oxygens (including phenoxy) is 2. The molecule has 0 atom stereocenters. The van der Waals surface area contributed by atoms with Gasteiger partial charge in [0, 0.05) is 43.8 Å². The molecule has 2 amide bonds. The zero-order valence-corrected chi connectivity index (χ0v) is 17.3. The maximum Gasteiger partial charge on any atom is 0.319 e. The van der Waals surface area contributed by atoms with Crippen molar-refractivity contribution in [2.75, 3.05) is 11.9 Å². The van der Waals surface area contributed by atoms with E-state index in [2.05, 4.69) is 15.7 Å². The van der Waals surface area contributed by atoms with Crippen LogP contribution in [0.25, 0.3) is 5.69 Å². The predicted molar refractivity (Wildman–Crippen MR) is 118 cm³/mol. The number of nitrogens with zero attached hydrogens (tertiary/aromatic N) is 2. The molecule has 0 saturated heterocycles. The Morgan fingerprint density at radius 3 is 2.65 bits per heavy atom. The molecular formula is C24H26N4O3. The molecule has 7 heteroatoms. The first-order chi connectivity index (χ1) is 15.2. The number of nitrogens with one attached hydrogen (secondary N) is 2. The van der Waals surface area contributed by atoms with Crippen LogP contribution < -0.4 is 20.1 Å². The van der Waals surface area contributed by atoms with Gasteiger partial charge in [-0.3, -0.25) is 0 Å². The molecule has 2 aliphatic rings. The summed E-state index contributed by atoms with van der Waals surface area (Å²) in [6.45, 7) is 0.491. The zero-order valence-electron chi connectivity index (χ0n) is 17.3. The SMILES string of the molecule is O=C(NCCc1ccn(-c2ccccc2)n1)Nc1ccc2c(c1)OC1(CCCCC1)O2. The van der Waals surface area contributed by atoms with Crippen LogP contribution in [0.5, 0.6) is 11.5 Å². The van der Waals surface area contributed by atoms with Crippen LogP contribution in [-0.2, 0) is 6.42 Å². The predicted octanol–water partition coefficient (Wildman–Crippen LogP) is 4.67. The van der Waals surface area contributed by atoms with Gasteiger partial charge in [0.25, 0.3) is 5.79 Å². The summed E-state index contributed by atoms with van der Waals surface area (Å²) in [6.07, 6.45) is 7.85. The molecule has 2 heterocycles. The molecule has 2 aromatic carbocycles. The third-order valence-corrected chi connectivity index (χ3v) is 5.74. The van der Waals surface area contributed by atoms with E-state index in [1.807, 2.05) is 65.5 Å². The Hall–Kier alpha value is -3.48. The monoisotopic (exact) mass is 418 g/mol. The highest BCUT2D eigenvalue weighted by Crippen LogP contribution is 2.46. The van der Waals surface area contributed by atoms with Crippen LogP contribution in [0.2, 0.25) is 0 Å². The zero-order chi connectivity index (χ0) is 21.1. The van der Waals surface area contributed by atoms with E-state index in [9.17, 15) is 4.79 Å². The first kappa shape index (κ1) is 19.5. The summed E-state index contributed by atoms with van der Waals surface area (Å²) in [5.74, 6) is 0.943. The lowest BCUT2D eigenvalue weighted by Gasteiger charge is -2.31. The van der Waals surface area contributed by atoms with Gasteiger partial charge < -0.3 is 20.1 Å². The summed E-state index contributed by atoms with van der Waals surface area (Å²) in [5.41, 5.74) is 2.61. The van der Waals surface area contributed by atoms with Gasteiger partial charge in [-0.1, -0.05) is 24.6 Å². The Morgan fingerprint density at radius 2 is 1.81 bits per heavy atom. The van der Waals surface area contributed by atoms with Gasteiger partial charge in [0.15, 0.2) is 11.5 Å². The van der Waals surface area contributed by atoms with Gasteiger partial charge in [-0.2, -0.15) is 5.10 Å². The average Bonchev–Trinajstić information content (AvgIpc) is 3.39. The van der Waals surface area contributed by atoms with E-state index in [-0.39, 0.29) is 6.03 Å². The second kappa shape index (κ2) is 8.34. The fourth-order valence-corrected chi connectivity index (χ4v) is 4.17. The van der Waals surface area contributed by atoms with Gasteiger partial charge in [-0.05, 0) is 43.2 Å². The van der Waals surface area contributed by atoms with E-state index in [1.165, 1.54) is 6.42 Å². The lowest BCUT2D eigenvalue weighted by Crippen LogP contribution is -2.40. The lowest BCUT2D eigenvalue weighted by atomic mass is 9.94. The van der Waals surface area contributed by atoms with Crippen molar-refractivity contribution in [3.05, 3.63) is 66.5 Å². The van der Waals surface area contributed by atoms with E-state index in [0.29, 0.717) is 24.4 Å². The number of fused-ring (bicyclic) bond motifs is 1. The van der Waals surface area contributed by atoms with Crippen molar-refractivity contribution in [3.63, 3.8) is 0 Å². The smallest absolute Gasteiger partial charge is 0.319 e. The van der Waals surface area contributed by atoms with Crippen LogP contribution in [0.1, 0.15) is 37.8 Å². The number of para-hydroxylation sites is 1. The fourth-order valence-electron chi connectivity index (χ4n) is 4.17. The molecule has 2 N–H and O–H groups in total. The first-order valence-corrected chi connectivity index (χ1v) is 10.9. The van der Waals surface area contributed by atoms with E-state index >= 15 is 0 Å². The Balaban J connectivity index is 1.12. The number of hydrogen-bond donors (Lipinski definition) is 2. The van der Waals surface area contributed by atoms with Crippen molar-refractivity contribution in [2.45, 2.75) is 44.3 Å². The van der Waals surface area contributed by atoms with Gasteiger partial charge in [0.2, 0.25) is 0 Å². The topological polar surface area (TPSA) is 77.4 Å². The van der Waals surface area contributed by atoms with Crippen LogP contribution in [0, 0.1) is 0 Å². The number of anilines is 1. The molecule has 3 aromatic rings. The normalized spacial score (nSPS) is 16.3. The quantitative estimate of drug-likeness (QED) is 0.631. The number of benzene rings is 2. The van der Waals surface area contributed by atoms with Gasteiger partial charge in [0.05, 0.1) is 11.4 Å². The molecule has 0 bridgehead atoms. The number of urea groups is 1. The fraction of sp³-hybridized carbons (Fsp3) is 0.333. The Kier molecular flexibility index (Phi) is 5.24. The highest BCUT2D eigenvalue weighted by atomic mass is 16.7. The van der Waals surface area contributed by atoms with E-state index < -0.39 is 5.79 Å². The summed E-state index contributed by atoms with van der Waals surface area (Å²) >= 11 is 0. The van der Waals surface area contributed by atoms with E-state index in [1.54, 1.807) is 0 Å². The van der Waals surface area contributed by atoms with Gasteiger partial charge in [-0.25, -0.2) is 9.48 Å². The lowest BCUT2D eigenvalue weighted by molar-refractivity contribution is -0.105. The summed E-state index contributed by atoms with van der Waals surface area (Å²) in [6, 6.07) is 17.2. The number of amides is 2. The van der Waals surface area contributed by atoms with Crippen molar-refractivity contribution in [2.24, 2.45) is 0 Å². The number of aromatic nitrogens is 2. The van der Waals surface area contributed by atoms with Gasteiger partial charge in [-0.15, -0.1) is 0 Å². The molecule has 1 aliphatic heterocycles. The Bertz CT molecular complexity index is 1060. The molecule has 1 aromatic heterocycles. The molecule has 5 rings (SSSR count). The summed E-state index contributed by atoms with van der Waals surface area (Å²) in [5, 5.41) is 10.3. The van der Waals surface area contributed by atoms with Crippen molar-refractivity contribution in [1.29, 1.82) is 0 Å². The highest BCUT2D eigenvalue weighted by Gasteiger charge is 2.42. The molecule has 1 spiro atoms. The van der Waals surface area contributed by atoms with Crippen molar-refractivity contribution >= 4 is 11.7 Å². The Morgan fingerprint density at radius 1 is 1.00 bits per heavy atom. The number of carbonyl (C=O) groups excluding carboxylic acids is 1. The molecule has 1 fully saturated rings. The third kappa shape index (κ3) is 4.35. The minimum atomic E-state index is -0.509. The third-order valence-electron chi connectivity index (χ3n) is 5.74. The molecule has 7 nitrogen and oxygen atoms in total. The molecule has 0 radical (unpaired) electrons. The minimum absolute atomic E-state index is 0.256. The maximum absolute atomic E-state index is 12.3. The molecule has 31 heavy (non-hydrogen) atoms. The second-order valence-corrected chi connectivity index (χ2v) is 8.06. The molecule has 1 aliphatic carbocycles. The Labute approximate surface area is 181 Å². The second-order valence-electron chi connectivity index (χ2n) is 8.06. The van der Waals surface area contributed by atoms with Gasteiger partial charge in [0.1, 0.15) is 0 Å². The minimum Gasteiger partial charge on any atom is -0.448 e. The largest absolute Gasteiger partial charge is 0.448 e. The van der Waals surface area contributed by atoms with E-state index in [4.69, 9.17) is 9.47 Å². The number of carbonyl (C=O) groups is 1. The summed E-state index contributed by atoms with van der Waals surface area (Å²) < 4.78 is 14.0. The van der Waals surface area contributed by atoms with Crippen LogP contribution in [0.4, 0.5) is 10.5 Å². The number of hydrogen-bond acceptors (Lipinski definition) is 4. The van der Waals surface area contributed by atoms with E-state index in [0.717, 1.165) is 42.8 Å². The maximum atomic E-state index is 12.3. The van der Waals surface area contributed by atoms with Crippen LogP contribution in [0.3, 0.4) is 0 Å². The van der Waals surface area contributed by atoms with Crippen LogP contribution >= 0.6 is 0 Å². The standard InChI is InChI=1S/C24H26N4O3/c29-23(25-15-11-18-12-16-28(27-18)20-7-3-1-4-8-20)26-19-9-10-21-22(17-19)31-24(30-21)13-5-2-6-14-24/h1,3-4,7-10,12,16-17H,2,5-6,11,13-15H2,(H2,25,26,29). The van der Waals surface area contributed by atoms with Crippen LogP contribution in [0.15, 0.2) is 60.8 Å². The first-order valence-electron chi connectivity index (χ1n) is 10.9. The van der Waals surface area contributed by atoms with Crippen molar-refractivity contribution in [3.8, 4) is 17.2 Å². The van der Waals surface area contributed by atoms with Gasteiger partial charge >= 0.3 is 6.03 Å². The van der Waals surface area contributed by atoms with Crippen molar-refractivity contribution < 1.29 is 14.3 Å².